The maximum atomic E-state index is 11.7. The van der Waals surface area contributed by atoms with Crippen LogP contribution >= 0.6 is 0 Å². The molecule has 1 aromatic heterocycles. The van der Waals surface area contributed by atoms with Crippen molar-refractivity contribution in [2.75, 3.05) is 13.1 Å². The lowest BCUT2D eigenvalue weighted by Gasteiger charge is -2.39. The molecule has 1 unspecified atom stereocenters. The fraction of sp³-hybridized carbons (Fsp3) is 0.600. The Kier molecular flexibility index (Phi) is 4.28. The smallest absolute Gasteiger partial charge is 0.311 e. The molecule has 0 bridgehead atoms. The van der Waals surface area contributed by atoms with Crippen LogP contribution in [0.4, 0.5) is 0 Å². The van der Waals surface area contributed by atoms with Gasteiger partial charge in [-0.15, -0.1) is 6.58 Å². The quantitative estimate of drug-likeness (QED) is 0.810. The van der Waals surface area contributed by atoms with Crippen LogP contribution < -0.4 is 0 Å². The summed E-state index contributed by atoms with van der Waals surface area (Å²) in [5.74, 6) is -0.706. The third-order valence-corrected chi connectivity index (χ3v) is 4.31. The summed E-state index contributed by atoms with van der Waals surface area (Å²) >= 11 is 0. The van der Waals surface area contributed by atoms with Crippen molar-refractivity contribution < 1.29 is 9.90 Å². The van der Waals surface area contributed by atoms with E-state index in [0.717, 1.165) is 37.3 Å². The molecule has 1 aliphatic heterocycles. The first-order valence-corrected chi connectivity index (χ1v) is 7.05. The van der Waals surface area contributed by atoms with Gasteiger partial charge in [0.2, 0.25) is 0 Å². The lowest BCUT2D eigenvalue weighted by molar-refractivity contribution is -0.152. The molecule has 0 radical (unpaired) electrons. The molecule has 5 nitrogen and oxygen atoms in total. The van der Waals surface area contributed by atoms with Crippen molar-refractivity contribution in [2.24, 2.45) is 5.41 Å². The van der Waals surface area contributed by atoms with E-state index in [0.29, 0.717) is 13.0 Å². The number of aromatic nitrogens is 2. The minimum Gasteiger partial charge on any atom is -0.481 e. The van der Waals surface area contributed by atoms with Crippen LogP contribution in [0.25, 0.3) is 0 Å². The first-order valence-electron chi connectivity index (χ1n) is 7.05. The van der Waals surface area contributed by atoms with Gasteiger partial charge in [-0.3, -0.25) is 14.8 Å². The van der Waals surface area contributed by atoms with Crippen LogP contribution in [-0.2, 0) is 11.3 Å². The molecular formula is C15H23N3O2. The molecule has 0 aromatic carbocycles. The molecule has 0 amide bonds. The van der Waals surface area contributed by atoms with Gasteiger partial charge in [-0.1, -0.05) is 6.08 Å². The lowest BCUT2D eigenvalue weighted by Crippen LogP contribution is -2.47. The molecule has 0 spiro atoms. The number of aromatic amines is 1. The Labute approximate surface area is 119 Å². The number of aryl methyl sites for hydroxylation is 2. The van der Waals surface area contributed by atoms with Crippen LogP contribution in [0.5, 0.6) is 0 Å². The number of likely N-dealkylation sites (tertiary alicyclic amines) is 1. The van der Waals surface area contributed by atoms with Crippen molar-refractivity contribution in [1.29, 1.82) is 0 Å². The number of carboxylic acid groups (broad SMARTS) is 1. The molecule has 1 fully saturated rings. The first kappa shape index (κ1) is 14.8. The molecule has 20 heavy (non-hydrogen) atoms. The number of carbonyl (C=O) groups is 1. The third-order valence-electron chi connectivity index (χ3n) is 4.31. The van der Waals surface area contributed by atoms with Gasteiger partial charge in [0.25, 0.3) is 0 Å². The summed E-state index contributed by atoms with van der Waals surface area (Å²) in [5.41, 5.74) is 2.58. The fourth-order valence-electron chi connectivity index (χ4n) is 3.10. The summed E-state index contributed by atoms with van der Waals surface area (Å²) in [6, 6.07) is 0. The van der Waals surface area contributed by atoms with Gasteiger partial charge >= 0.3 is 5.97 Å². The molecule has 0 saturated carbocycles. The van der Waals surface area contributed by atoms with Crippen molar-refractivity contribution in [3.63, 3.8) is 0 Å². The molecule has 110 valence electrons. The van der Waals surface area contributed by atoms with Crippen molar-refractivity contribution in [3.8, 4) is 0 Å². The van der Waals surface area contributed by atoms with E-state index in [9.17, 15) is 9.90 Å². The highest BCUT2D eigenvalue weighted by molar-refractivity contribution is 5.75. The number of rotatable bonds is 5. The summed E-state index contributed by atoms with van der Waals surface area (Å²) < 4.78 is 0. The number of hydrogen-bond donors (Lipinski definition) is 2. The largest absolute Gasteiger partial charge is 0.481 e. The van der Waals surface area contributed by atoms with E-state index in [4.69, 9.17) is 0 Å². The van der Waals surface area contributed by atoms with Gasteiger partial charge in [0, 0.05) is 24.3 Å². The van der Waals surface area contributed by atoms with Crippen LogP contribution in [0.2, 0.25) is 0 Å². The van der Waals surface area contributed by atoms with E-state index in [-0.39, 0.29) is 0 Å². The zero-order valence-electron chi connectivity index (χ0n) is 12.3. The first-order chi connectivity index (χ1) is 9.48. The van der Waals surface area contributed by atoms with E-state index in [1.807, 2.05) is 13.8 Å². The number of carboxylic acids is 1. The van der Waals surface area contributed by atoms with E-state index in [1.165, 1.54) is 5.56 Å². The highest BCUT2D eigenvalue weighted by Gasteiger charge is 2.41. The maximum Gasteiger partial charge on any atom is 0.311 e. The average Bonchev–Trinajstić information content (AvgIpc) is 2.71. The predicted molar refractivity (Wildman–Crippen MR) is 77.5 cm³/mol. The number of H-pyrrole nitrogens is 1. The van der Waals surface area contributed by atoms with Crippen LogP contribution in [0, 0.1) is 19.3 Å². The van der Waals surface area contributed by atoms with E-state index in [2.05, 4.69) is 21.7 Å². The minimum absolute atomic E-state index is 0.530. The monoisotopic (exact) mass is 277 g/mol. The Bertz CT molecular complexity index is 490. The summed E-state index contributed by atoms with van der Waals surface area (Å²) in [7, 11) is 0. The standard InChI is InChI=1S/C15H23N3O2/c1-4-6-15(14(19)20)7-5-8-18(10-15)9-13-11(2)16-17-12(13)3/h4H,1,5-10H2,2-3H3,(H,16,17)(H,19,20). The second-order valence-corrected chi connectivity index (χ2v) is 5.81. The van der Waals surface area contributed by atoms with Crippen molar-refractivity contribution >= 4 is 5.97 Å². The van der Waals surface area contributed by atoms with Gasteiger partial charge in [0.05, 0.1) is 11.1 Å². The number of piperidine rings is 1. The molecule has 1 aliphatic rings. The van der Waals surface area contributed by atoms with Crippen molar-refractivity contribution in [1.82, 2.24) is 15.1 Å². The zero-order valence-corrected chi connectivity index (χ0v) is 12.3. The van der Waals surface area contributed by atoms with Crippen molar-refractivity contribution in [3.05, 3.63) is 29.6 Å². The summed E-state index contributed by atoms with van der Waals surface area (Å²) in [6.07, 6.45) is 3.90. The average molecular weight is 277 g/mol. The summed E-state index contributed by atoms with van der Waals surface area (Å²) in [6.45, 7) is 9.99. The second-order valence-electron chi connectivity index (χ2n) is 5.81. The number of allylic oxidation sites excluding steroid dienone is 1. The van der Waals surface area contributed by atoms with Gasteiger partial charge in [-0.2, -0.15) is 5.10 Å². The number of nitrogens with one attached hydrogen (secondary N) is 1. The Morgan fingerprint density at radius 1 is 1.60 bits per heavy atom. The molecule has 2 heterocycles. The molecule has 2 rings (SSSR count). The molecular weight excluding hydrogens is 254 g/mol. The molecule has 1 saturated heterocycles. The van der Waals surface area contributed by atoms with Gasteiger partial charge in [-0.05, 0) is 39.7 Å². The number of hydrogen-bond acceptors (Lipinski definition) is 3. The van der Waals surface area contributed by atoms with Crippen LogP contribution in [0.1, 0.15) is 36.2 Å². The maximum absolute atomic E-state index is 11.7. The highest BCUT2D eigenvalue weighted by atomic mass is 16.4. The molecule has 1 atom stereocenters. The Hall–Kier alpha value is -1.62. The SMILES string of the molecule is C=CCC1(C(=O)O)CCCN(Cc2c(C)n[nH]c2C)C1. The van der Waals surface area contributed by atoms with Crippen LogP contribution in [0.3, 0.4) is 0 Å². The normalized spacial score (nSPS) is 23.7. The number of aliphatic carboxylic acids is 1. The van der Waals surface area contributed by atoms with E-state index < -0.39 is 11.4 Å². The summed E-state index contributed by atoms with van der Waals surface area (Å²) in [4.78, 5) is 13.9. The topological polar surface area (TPSA) is 69.2 Å². The highest BCUT2D eigenvalue weighted by Crippen LogP contribution is 2.35. The van der Waals surface area contributed by atoms with Crippen LogP contribution in [0.15, 0.2) is 12.7 Å². The van der Waals surface area contributed by atoms with E-state index in [1.54, 1.807) is 6.08 Å². The van der Waals surface area contributed by atoms with E-state index >= 15 is 0 Å². The Morgan fingerprint density at radius 2 is 2.35 bits per heavy atom. The minimum atomic E-state index is -0.706. The fourth-order valence-corrected chi connectivity index (χ4v) is 3.10. The van der Waals surface area contributed by atoms with Gasteiger partial charge in [-0.25, -0.2) is 0 Å². The summed E-state index contributed by atoms with van der Waals surface area (Å²) in [5, 5.41) is 16.8. The Balaban J connectivity index is 2.14. The van der Waals surface area contributed by atoms with Crippen LogP contribution in [-0.4, -0.2) is 39.3 Å². The van der Waals surface area contributed by atoms with Gasteiger partial charge in [0.15, 0.2) is 0 Å². The van der Waals surface area contributed by atoms with Crippen molar-refractivity contribution in [2.45, 2.75) is 39.7 Å². The zero-order chi connectivity index (χ0) is 14.8. The molecule has 5 heteroatoms. The Morgan fingerprint density at radius 3 is 2.90 bits per heavy atom. The third kappa shape index (κ3) is 2.77. The molecule has 1 aromatic rings. The van der Waals surface area contributed by atoms with Gasteiger partial charge in [0.1, 0.15) is 0 Å². The van der Waals surface area contributed by atoms with Gasteiger partial charge < -0.3 is 5.11 Å². The second kappa shape index (κ2) is 5.79. The molecule has 2 N–H and O–H groups in total. The predicted octanol–water partition coefficient (Wildman–Crippen LogP) is 2.27. The lowest BCUT2D eigenvalue weighted by atomic mass is 9.77. The molecule has 0 aliphatic carbocycles. The number of nitrogens with zero attached hydrogens (tertiary/aromatic N) is 2.